The molecule has 16 heavy (non-hydrogen) atoms. The number of benzene rings is 1. The minimum atomic E-state index is 0.156. The van der Waals surface area contributed by atoms with Crippen LogP contribution in [0, 0.1) is 6.92 Å². The van der Waals surface area contributed by atoms with Gasteiger partial charge in [-0.1, -0.05) is 0 Å². The van der Waals surface area contributed by atoms with Gasteiger partial charge in [0, 0.05) is 18.5 Å². The van der Waals surface area contributed by atoms with Crippen LogP contribution in [0.2, 0.25) is 0 Å². The fourth-order valence-corrected chi connectivity index (χ4v) is 1.69. The summed E-state index contributed by atoms with van der Waals surface area (Å²) >= 11 is 0. The van der Waals surface area contributed by atoms with E-state index in [4.69, 9.17) is 0 Å². The van der Waals surface area contributed by atoms with Gasteiger partial charge in [0.05, 0.1) is 11.0 Å². The molecule has 0 aliphatic heterocycles. The molecule has 0 aliphatic rings. The minimum Gasteiger partial charge on any atom is -0.342 e. The predicted molar refractivity (Wildman–Crippen MR) is 63.7 cm³/mol. The summed E-state index contributed by atoms with van der Waals surface area (Å²) in [7, 11) is 1.84. The van der Waals surface area contributed by atoms with Gasteiger partial charge >= 0.3 is 0 Å². The summed E-state index contributed by atoms with van der Waals surface area (Å²) in [4.78, 5) is 19.2. The number of nitrogens with zero attached hydrogens (tertiary/aromatic N) is 1. The van der Waals surface area contributed by atoms with Gasteiger partial charge in [0.2, 0.25) is 0 Å². The number of hydrogen-bond donors (Lipinski definition) is 2. The Labute approximate surface area is 94.1 Å². The van der Waals surface area contributed by atoms with E-state index in [2.05, 4.69) is 15.3 Å². The summed E-state index contributed by atoms with van der Waals surface area (Å²) in [5.74, 6) is 1.03. The minimum absolute atomic E-state index is 0.156. The van der Waals surface area contributed by atoms with Gasteiger partial charge in [0.1, 0.15) is 5.82 Å². The van der Waals surface area contributed by atoms with Crippen molar-refractivity contribution in [2.75, 3.05) is 13.6 Å². The molecule has 1 heterocycles. The molecule has 1 aromatic carbocycles. The van der Waals surface area contributed by atoms with Gasteiger partial charge in [0.15, 0.2) is 5.78 Å². The lowest BCUT2D eigenvalue weighted by molar-refractivity contribution is 0.0983. The molecule has 0 saturated carbocycles. The van der Waals surface area contributed by atoms with Gasteiger partial charge in [0.25, 0.3) is 0 Å². The highest BCUT2D eigenvalue weighted by Gasteiger charge is 2.07. The molecule has 0 fully saturated rings. The van der Waals surface area contributed by atoms with Crippen LogP contribution < -0.4 is 5.32 Å². The molecule has 0 saturated heterocycles. The first kappa shape index (κ1) is 10.8. The summed E-state index contributed by atoms with van der Waals surface area (Å²) < 4.78 is 0. The number of aromatic amines is 1. The number of carbonyl (C=O) groups is 1. The lowest BCUT2D eigenvalue weighted by Gasteiger charge is -2.00. The van der Waals surface area contributed by atoms with Crippen molar-refractivity contribution >= 4 is 16.8 Å². The van der Waals surface area contributed by atoms with E-state index in [0.717, 1.165) is 22.4 Å². The molecule has 0 amide bonds. The maximum Gasteiger partial charge on any atom is 0.164 e. The van der Waals surface area contributed by atoms with Crippen molar-refractivity contribution in [3.05, 3.63) is 29.6 Å². The van der Waals surface area contributed by atoms with Crippen molar-refractivity contribution in [1.82, 2.24) is 15.3 Å². The van der Waals surface area contributed by atoms with Gasteiger partial charge in [-0.15, -0.1) is 0 Å². The second-order valence-electron chi connectivity index (χ2n) is 3.83. The van der Waals surface area contributed by atoms with Crippen LogP contribution in [0.3, 0.4) is 0 Å². The third-order valence-electron chi connectivity index (χ3n) is 2.52. The van der Waals surface area contributed by atoms with Crippen LogP contribution in [0.1, 0.15) is 22.6 Å². The summed E-state index contributed by atoms with van der Waals surface area (Å²) in [6.07, 6.45) is 0.523. The van der Waals surface area contributed by atoms with Crippen LogP contribution in [0.15, 0.2) is 18.2 Å². The maximum absolute atomic E-state index is 11.8. The zero-order valence-corrected chi connectivity index (χ0v) is 9.50. The Kier molecular flexibility index (Phi) is 3.01. The van der Waals surface area contributed by atoms with E-state index in [1.54, 1.807) is 0 Å². The van der Waals surface area contributed by atoms with Crippen molar-refractivity contribution in [3.8, 4) is 0 Å². The van der Waals surface area contributed by atoms with Crippen LogP contribution in [0.25, 0.3) is 11.0 Å². The lowest BCUT2D eigenvalue weighted by Crippen LogP contribution is -2.12. The molecule has 0 bridgehead atoms. The Morgan fingerprint density at radius 3 is 3.06 bits per heavy atom. The number of rotatable bonds is 4. The summed E-state index contributed by atoms with van der Waals surface area (Å²) in [5.41, 5.74) is 2.57. The third-order valence-corrected chi connectivity index (χ3v) is 2.52. The standard InChI is InChI=1S/C12H15N3O/c1-8-14-10-4-3-9(7-11(10)15-8)12(16)5-6-13-2/h3-4,7,13H,5-6H2,1-2H3,(H,14,15). The molecule has 4 nitrogen and oxygen atoms in total. The van der Waals surface area contributed by atoms with Crippen LogP contribution in [-0.4, -0.2) is 29.3 Å². The predicted octanol–water partition coefficient (Wildman–Crippen LogP) is 1.66. The number of aromatic nitrogens is 2. The van der Waals surface area contributed by atoms with Gasteiger partial charge < -0.3 is 10.3 Å². The fraction of sp³-hybridized carbons (Fsp3) is 0.333. The number of carbonyl (C=O) groups excluding carboxylic acids is 1. The average Bonchev–Trinajstić information content (AvgIpc) is 2.64. The Morgan fingerprint density at radius 1 is 1.50 bits per heavy atom. The molecule has 1 aromatic heterocycles. The molecule has 0 radical (unpaired) electrons. The maximum atomic E-state index is 11.8. The number of fused-ring (bicyclic) bond motifs is 1. The SMILES string of the molecule is CNCCC(=O)c1ccc2nc(C)[nH]c2c1. The number of Topliss-reactive ketones (excluding diaryl/α,β-unsaturated/α-hetero) is 1. The molecule has 0 aliphatic carbocycles. The van der Waals surface area contributed by atoms with E-state index in [1.807, 2.05) is 32.2 Å². The highest BCUT2D eigenvalue weighted by atomic mass is 16.1. The number of H-pyrrole nitrogens is 1. The first-order chi connectivity index (χ1) is 7.70. The van der Waals surface area contributed by atoms with Crippen LogP contribution in [0.5, 0.6) is 0 Å². The molecule has 2 aromatic rings. The van der Waals surface area contributed by atoms with Gasteiger partial charge in [-0.25, -0.2) is 4.98 Å². The average molecular weight is 217 g/mol. The Morgan fingerprint density at radius 2 is 2.31 bits per heavy atom. The number of hydrogen-bond acceptors (Lipinski definition) is 3. The topological polar surface area (TPSA) is 57.8 Å². The van der Waals surface area contributed by atoms with E-state index in [9.17, 15) is 4.79 Å². The summed E-state index contributed by atoms with van der Waals surface area (Å²) in [6.45, 7) is 2.61. The van der Waals surface area contributed by atoms with E-state index in [1.165, 1.54) is 0 Å². The van der Waals surface area contributed by atoms with Gasteiger partial charge in [-0.2, -0.15) is 0 Å². The number of aryl methyl sites for hydroxylation is 1. The normalized spacial score (nSPS) is 10.9. The summed E-state index contributed by atoms with van der Waals surface area (Å²) in [6, 6.07) is 5.58. The highest BCUT2D eigenvalue weighted by Crippen LogP contribution is 2.14. The van der Waals surface area contributed by atoms with E-state index < -0.39 is 0 Å². The van der Waals surface area contributed by atoms with Crippen molar-refractivity contribution in [1.29, 1.82) is 0 Å². The van der Waals surface area contributed by atoms with Crippen molar-refractivity contribution in [2.45, 2.75) is 13.3 Å². The molecular weight excluding hydrogens is 202 g/mol. The lowest BCUT2D eigenvalue weighted by atomic mass is 10.1. The van der Waals surface area contributed by atoms with Crippen LogP contribution in [-0.2, 0) is 0 Å². The third kappa shape index (κ3) is 2.12. The zero-order chi connectivity index (χ0) is 11.5. The molecule has 4 heteroatoms. The number of ketones is 1. The first-order valence-corrected chi connectivity index (χ1v) is 5.35. The Hall–Kier alpha value is -1.68. The molecule has 0 atom stereocenters. The second kappa shape index (κ2) is 4.45. The van der Waals surface area contributed by atoms with E-state index in [0.29, 0.717) is 13.0 Å². The number of nitrogens with one attached hydrogen (secondary N) is 2. The highest BCUT2D eigenvalue weighted by molar-refractivity contribution is 5.98. The van der Waals surface area contributed by atoms with Gasteiger partial charge in [-0.3, -0.25) is 4.79 Å². The fourth-order valence-electron chi connectivity index (χ4n) is 1.69. The van der Waals surface area contributed by atoms with Crippen molar-refractivity contribution in [3.63, 3.8) is 0 Å². The van der Waals surface area contributed by atoms with E-state index in [-0.39, 0.29) is 5.78 Å². The summed E-state index contributed by atoms with van der Waals surface area (Å²) in [5, 5.41) is 2.97. The Balaban J connectivity index is 2.28. The molecule has 84 valence electrons. The Bertz CT molecular complexity index is 516. The van der Waals surface area contributed by atoms with Crippen LogP contribution in [0.4, 0.5) is 0 Å². The van der Waals surface area contributed by atoms with Crippen molar-refractivity contribution in [2.24, 2.45) is 0 Å². The largest absolute Gasteiger partial charge is 0.342 e. The molecule has 2 rings (SSSR count). The zero-order valence-electron chi connectivity index (χ0n) is 9.50. The van der Waals surface area contributed by atoms with Gasteiger partial charge in [-0.05, 0) is 32.2 Å². The first-order valence-electron chi connectivity index (χ1n) is 5.35. The monoisotopic (exact) mass is 217 g/mol. The quantitative estimate of drug-likeness (QED) is 0.766. The molecule has 0 spiro atoms. The molecular formula is C12H15N3O. The molecule has 0 unspecified atom stereocenters. The van der Waals surface area contributed by atoms with Crippen molar-refractivity contribution < 1.29 is 4.79 Å². The number of imidazole rings is 1. The molecule has 2 N–H and O–H groups in total. The van der Waals surface area contributed by atoms with Crippen LogP contribution >= 0.6 is 0 Å². The second-order valence-corrected chi connectivity index (χ2v) is 3.83. The smallest absolute Gasteiger partial charge is 0.164 e. The van der Waals surface area contributed by atoms with E-state index >= 15 is 0 Å².